The van der Waals surface area contributed by atoms with Gasteiger partial charge in [0.2, 0.25) is 17.7 Å². The van der Waals surface area contributed by atoms with Crippen LogP contribution in [-0.4, -0.2) is 107 Å². The number of ether oxygens (including phenoxy) is 1. The number of amides is 3. The van der Waals surface area contributed by atoms with E-state index in [4.69, 9.17) is 10.5 Å². The second-order valence-electron chi connectivity index (χ2n) is 19.7. The lowest BCUT2D eigenvalue weighted by molar-refractivity contribution is -0.135. The number of phenols is 1. The molecule has 7 aliphatic rings. The fourth-order valence-corrected chi connectivity index (χ4v) is 13.1. The van der Waals surface area contributed by atoms with Gasteiger partial charge in [0.05, 0.1) is 17.9 Å². The van der Waals surface area contributed by atoms with Gasteiger partial charge in [-0.25, -0.2) is 0 Å². The summed E-state index contributed by atoms with van der Waals surface area (Å²) in [6.07, 6.45) is 10.2. The van der Waals surface area contributed by atoms with Gasteiger partial charge in [-0.1, -0.05) is 36.4 Å². The summed E-state index contributed by atoms with van der Waals surface area (Å²) in [5, 5.41) is 21.7. The molecule has 11 rings (SSSR count). The number of rotatable bonds is 9. The summed E-state index contributed by atoms with van der Waals surface area (Å²) in [4.78, 5) is 47.2. The van der Waals surface area contributed by atoms with E-state index in [0.29, 0.717) is 60.1 Å². The molecule has 13 heteroatoms. The smallest absolute Gasteiger partial charge is 0.249 e. The first kappa shape index (κ1) is 41.0. The molecule has 4 aromatic rings. The first-order chi connectivity index (χ1) is 31.2. The molecule has 3 amide bonds. The second-order valence-corrected chi connectivity index (χ2v) is 19.7. The molecule has 1 aromatic heterocycles. The van der Waals surface area contributed by atoms with E-state index in [0.717, 1.165) is 114 Å². The molecule has 3 aromatic carbocycles. The molecule has 0 spiro atoms. The van der Waals surface area contributed by atoms with Gasteiger partial charge >= 0.3 is 0 Å². The molecule has 4 N–H and O–H groups in total. The van der Waals surface area contributed by atoms with Gasteiger partial charge in [-0.3, -0.25) is 24.6 Å². The van der Waals surface area contributed by atoms with Crippen LogP contribution in [0.3, 0.4) is 0 Å². The highest BCUT2D eigenvalue weighted by Crippen LogP contribution is 2.69. The number of aromatic nitrogens is 2. The van der Waals surface area contributed by atoms with Crippen molar-refractivity contribution in [3.05, 3.63) is 89.5 Å². The van der Waals surface area contributed by atoms with Crippen LogP contribution in [0.15, 0.2) is 72.8 Å². The number of nitrogens with one attached hydrogen (secondary N) is 1. The highest BCUT2D eigenvalue weighted by atomic mass is 16.5. The van der Waals surface area contributed by atoms with Gasteiger partial charge in [-0.05, 0) is 147 Å². The Kier molecular flexibility index (Phi) is 10.7. The third kappa shape index (κ3) is 7.43. The number of carbonyl (C=O) groups is 3. The predicted octanol–water partition coefficient (Wildman–Crippen LogP) is 6.04. The number of para-hydroxylation sites is 1. The van der Waals surface area contributed by atoms with Crippen molar-refractivity contribution in [2.75, 3.05) is 67.9 Å². The van der Waals surface area contributed by atoms with Crippen molar-refractivity contribution >= 4 is 34.9 Å². The van der Waals surface area contributed by atoms with Crippen LogP contribution < -0.4 is 25.6 Å². The molecule has 64 heavy (non-hydrogen) atoms. The van der Waals surface area contributed by atoms with Gasteiger partial charge in [0.15, 0.2) is 5.82 Å². The molecule has 4 saturated heterocycles. The summed E-state index contributed by atoms with van der Waals surface area (Å²) >= 11 is 0. The Morgan fingerprint density at radius 2 is 1.64 bits per heavy atom. The second kappa shape index (κ2) is 16.7. The molecule has 2 aliphatic carbocycles. The van der Waals surface area contributed by atoms with Crippen LogP contribution in [-0.2, 0) is 26.2 Å². The maximum Gasteiger partial charge on any atom is 0.249 e. The number of hydrogen-bond acceptors (Lipinski definition) is 11. The first-order valence-electron chi connectivity index (χ1n) is 23.9. The molecule has 5 aliphatic heterocycles. The Hall–Kier alpha value is -5.69. The van der Waals surface area contributed by atoms with Crippen molar-refractivity contribution < 1.29 is 24.2 Å². The first-order valence-corrected chi connectivity index (χ1v) is 23.9. The average Bonchev–Trinajstić information content (AvgIpc) is 3.34. The number of piperidine rings is 3. The lowest BCUT2D eigenvalue weighted by Gasteiger charge is -2.67. The number of carbonyl (C=O) groups excluding carboxylic acids is 3. The lowest BCUT2D eigenvalue weighted by Crippen LogP contribution is -2.64. The molecule has 6 fully saturated rings. The van der Waals surface area contributed by atoms with Crippen molar-refractivity contribution in [2.24, 2.45) is 17.8 Å². The van der Waals surface area contributed by atoms with E-state index in [-0.39, 0.29) is 41.0 Å². The Morgan fingerprint density at radius 1 is 0.828 bits per heavy atom. The molecule has 13 nitrogen and oxygen atoms in total. The van der Waals surface area contributed by atoms with Crippen LogP contribution in [0, 0.1) is 17.8 Å². The molecular formula is C51H60N8O5. The van der Waals surface area contributed by atoms with Crippen LogP contribution in [0.4, 0.5) is 17.2 Å². The third-order valence-electron chi connectivity index (χ3n) is 16.3. The van der Waals surface area contributed by atoms with E-state index in [1.54, 1.807) is 12.1 Å². The van der Waals surface area contributed by atoms with E-state index in [1.165, 1.54) is 23.1 Å². The minimum atomic E-state index is -0.290. The monoisotopic (exact) mass is 864 g/mol. The SMILES string of the molecule is Nc1nnc(-c2ccccc2O)cc1N1CC[C@H]2CC3(c4cccc(OC5CCN(C(=O)CN6CCC(c7cccc8c7CCCN8C7CCC(=O)NC7=O)CC6)CC5)c4)C[C@H](C1)C23. The van der Waals surface area contributed by atoms with E-state index < -0.39 is 0 Å². The number of aromatic hydroxyl groups is 1. The summed E-state index contributed by atoms with van der Waals surface area (Å²) in [6, 6.07) is 24.3. The number of nitrogen functional groups attached to an aromatic ring is 1. The van der Waals surface area contributed by atoms with Crippen molar-refractivity contribution in [1.29, 1.82) is 0 Å². The highest BCUT2D eigenvalue weighted by molar-refractivity contribution is 6.01. The van der Waals surface area contributed by atoms with Crippen molar-refractivity contribution in [3.8, 4) is 22.8 Å². The number of nitrogens with two attached hydrogens (primary N) is 1. The zero-order chi connectivity index (χ0) is 43.5. The quantitative estimate of drug-likeness (QED) is 0.169. The standard InChI is InChI=1S/C51H60N8O5/c52-49-44(27-41(54-55-49)40-8-1-2-12-45(40)60)58-23-17-33-28-51(29-34(30-58)48(33)51)35-6-3-7-37(26-35)64-36-18-24-57(25-19-36)47(62)31-56-21-15-32(16-22-56)38-9-4-11-42-39(38)10-5-20-59(42)43-13-14-46(61)53-50(43)63/h1-4,6-9,11-12,26-27,32-34,36,43,48,60H,5,10,13-25,28-31H2,(H2,52,55)(H,53,61,63)/t33-,34+,43?,48?,51?/m0/s1. The Balaban J connectivity index is 0.659. The van der Waals surface area contributed by atoms with Crippen LogP contribution in [0.5, 0.6) is 11.5 Å². The summed E-state index contributed by atoms with van der Waals surface area (Å²) in [5.74, 6) is 3.76. The maximum absolute atomic E-state index is 13.6. The molecule has 334 valence electrons. The zero-order valence-electron chi connectivity index (χ0n) is 36.7. The topological polar surface area (TPSA) is 157 Å². The van der Waals surface area contributed by atoms with E-state index >= 15 is 0 Å². The summed E-state index contributed by atoms with van der Waals surface area (Å²) in [6.45, 7) is 6.39. The molecule has 3 unspecified atom stereocenters. The zero-order valence-corrected chi connectivity index (χ0v) is 36.7. The number of benzene rings is 3. The minimum absolute atomic E-state index is 0.0899. The van der Waals surface area contributed by atoms with Gasteiger partial charge in [0.25, 0.3) is 0 Å². The van der Waals surface area contributed by atoms with Gasteiger partial charge in [0, 0.05) is 63.2 Å². The van der Waals surface area contributed by atoms with Crippen LogP contribution in [0.1, 0.15) is 86.8 Å². The summed E-state index contributed by atoms with van der Waals surface area (Å²) in [7, 11) is 0. The van der Waals surface area contributed by atoms with Crippen LogP contribution in [0.2, 0.25) is 0 Å². The number of hydrogen-bond donors (Lipinski definition) is 3. The molecule has 6 heterocycles. The van der Waals surface area contributed by atoms with Crippen molar-refractivity contribution in [2.45, 2.75) is 94.1 Å². The van der Waals surface area contributed by atoms with Gasteiger partial charge in [-0.15, -0.1) is 10.2 Å². The van der Waals surface area contributed by atoms with E-state index in [2.05, 4.69) is 72.7 Å². The summed E-state index contributed by atoms with van der Waals surface area (Å²) < 4.78 is 6.67. The van der Waals surface area contributed by atoms with Gasteiger partial charge in [0.1, 0.15) is 23.6 Å². The molecule has 5 atom stereocenters. The Labute approximate surface area is 375 Å². The Bertz CT molecular complexity index is 2450. The lowest BCUT2D eigenvalue weighted by atomic mass is 9.36. The van der Waals surface area contributed by atoms with Crippen molar-refractivity contribution in [3.63, 3.8) is 0 Å². The fourth-order valence-electron chi connectivity index (χ4n) is 13.1. The summed E-state index contributed by atoms with van der Waals surface area (Å²) in [5.41, 5.74) is 14.1. The average molecular weight is 865 g/mol. The predicted molar refractivity (Wildman–Crippen MR) is 245 cm³/mol. The number of likely N-dealkylation sites (tertiary alicyclic amines) is 2. The van der Waals surface area contributed by atoms with Crippen LogP contribution >= 0.6 is 0 Å². The number of imide groups is 1. The molecule has 0 radical (unpaired) electrons. The highest BCUT2D eigenvalue weighted by Gasteiger charge is 2.66. The Morgan fingerprint density at radius 3 is 2.47 bits per heavy atom. The minimum Gasteiger partial charge on any atom is -0.507 e. The van der Waals surface area contributed by atoms with E-state index in [1.807, 2.05) is 23.1 Å². The van der Waals surface area contributed by atoms with Crippen LogP contribution in [0.25, 0.3) is 11.3 Å². The number of phenolic OH excluding ortho intramolecular Hbond substituents is 1. The normalized spacial score (nSPS) is 27.4. The van der Waals surface area contributed by atoms with Gasteiger partial charge in [-0.2, -0.15) is 0 Å². The van der Waals surface area contributed by atoms with E-state index in [9.17, 15) is 19.5 Å². The molecular weight excluding hydrogens is 805 g/mol. The number of nitrogens with zero attached hydrogens (tertiary/aromatic N) is 6. The van der Waals surface area contributed by atoms with Gasteiger partial charge < -0.3 is 30.3 Å². The fraction of sp³-hybridized carbons (Fsp3) is 0.510. The maximum atomic E-state index is 13.6. The molecule has 2 saturated carbocycles. The molecule has 0 bridgehead atoms. The number of fused-ring (bicyclic) bond motifs is 1. The third-order valence-corrected chi connectivity index (χ3v) is 16.3. The van der Waals surface area contributed by atoms with Crippen molar-refractivity contribution in [1.82, 2.24) is 25.3 Å². The largest absolute Gasteiger partial charge is 0.507 e. The number of anilines is 3.